The van der Waals surface area contributed by atoms with Gasteiger partial charge in [0.25, 0.3) is 0 Å². The third kappa shape index (κ3) is 9.96. The molecule has 0 spiro atoms. The minimum absolute atomic E-state index is 0.0753. The molecule has 1 aromatic carbocycles. The number of nitrogens with one attached hydrogen (secondary N) is 2. The summed E-state index contributed by atoms with van der Waals surface area (Å²) in [6, 6.07) is 7.45. The molecule has 1 aliphatic carbocycles. The predicted molar refractivity (Wildman–Crippen MR) is 152 cm³/mol. The molecule has 1 unspecified atom stereocenters. The van der Waals surface area contributed by atoms with Gasteiger partial charge in [-0.2, -0.15) is 0 Å². The van der Waals surface area contributed by atoms with E-state index in [0.29, 0.717) is 44.2 Å². The van der Waals surface area contributed by atoms with Gasteiger partial charge in [-0.25, -0.2) is 4.79 Å². The van der Waals surface area contributed by atoms with Crippen LogP contribution in [0.4, 0.5) is 4.79 Å². The van der Waals surface area contributed by atoms with E-state index >= 15 is 0 Å². The summed E-state index contributed by atoms with van der Waals surface area (Å²) in [6.07, 6.45) is 3.88. The van der Waals surface area contributed by atoms with E-state index in [1.165, 1.54) is 0 Å². The second-order valence-corrected chi connectivity index (χ2v) is 11.8. The van der Waals surface area contributed by atoms with Crippen LogP contribution in [0.2, 0.25) is 5.02 Å². The van der Waals surface area contributed by atoms with Gasteiger partial charge in [0.2, 0.25) is 5.91 Å². The summed E-state index contributed by atoms with van der Waals surface area (Å²) in [5.41, 5.74) is 0.402. The average molecular weight is 565 g/mol. The second-order valence-electron chi connectivity index (χ2n) is 11.3. The topological polar surface area (TPSA) is 100 Å². The van der Waals surface area contributed by atoms with Gasteiger partial charge in [-0.1, -0.05) is 36.6 Å². The normalized spacial score (nSPS) is 21.2. The zero-order valence-electron chi connectivity index (χ0n) is 23.8. The summed E-state index contributed by atoms with van der Waals surface area (Å²) < 4.78 is 10.6. The number of rotatable bonds is 10. The number of carbonyl (C=O) groups is 3. The molecule has 1 saturated heterocycles. The molecule has 2 fully saturated rings. The van der Waals surface area contributed by atoms with Gasteiger partial charge < -0.3 is 25.0 Å². The lowest BCUT2D eigenvalue weighted by Gasteiger charge is -2.43. The number of alkyl carbamates (subject to hydrolysis) is 1. The summed E-state index contributed by atoms with van der Waals surface area (Å²) in [5.74, 6) is -0.0831. The van der Waals surface area contributed by atoms with Crippen LogP contribution in [0.25, 0.3) is 0 Å². The van der Waals surface area contributed by atoms with E-state index in [4.69, 9.17) is 21.1 Å². The van der Waals surface area contributed by atoms with Crippen LogP contribution in [0.3, 0.4) is 0 Å². The summed E-state index contributed by atoms with van der Waals surface area (Å²) in [5, 5.41) is 6.79. The van der Waals surface area contributed by atoms with E-state index in [1.54, 1.807) is 0 Å². The maximum atomic E-state index is 13.4. The van der Waals surface area contributed by atoms with Crippen molar-refractivity contribution in [2.45, 2.75) is 77.5 Å². The van der Waals surface area contributed by atoms with Crippen molar-refractivity contribution in [3.05, 3.63) is 34.9 Å². The van der Waals surface area contributed by atoms with Crippen LogP contribution < -0.4 is 10.6 Å². The third-order valence-corrected chi connectivity index (χ3v) is 7.54. The van der Waals surface area contributed by atoms with Crippen molar-refractivity contribution in [2.24, 2.45) is 5.92 Å². The van der Waals surface area contributed by atoms with Gasteiger partial charge in [0, 0.05) is 62.8 Å². The molecule has 3 atom stereocenters. The van der Waals surface area contributed by atoms with Gasteiger partial charge in [0.05, 0.1) is 12.5 Å². The first-order chi connectivity index (χ1) is 18.6. The highest BCUT2D eigenvalue weighted by molar-refractivity contribution is 6.30. The highest BCUT2D eigenvalue weighted by Gasteiger charge is 2.37. The first-order valence-corrected chi connectivity index (χ1v) is 14.6. The summed E-state index contributed by atoms with van der Waals surface area (Å²) >= 11 is 6.09. The molecule has 10 heteroatoms. The Balaban J connectivity index is 1.54. The molecule has 1 heterocycles. The predicted octanol–water partition coefficient (Wildman–Crippen LogP) is 4.15. The fourth-order valence-corrected chi connectivity index (χ4v) is 5.53. The Morgan fingerprint density at radius 1 is 1.03 bits per heavy atom. The van der Waals surface area contributed by atoms with Crippen molar-refractivity contribution in [3.8, 4) is 0 Å². The molecule has 9 nitrogen and oxygen atoms in total. The number of ether oxygens (including phenoxy) is 2. The highest BCUT2D eigenvalue weighted by atomic mass is 35.5. The number of halogens is 1. The summed E-state index contributed by atoms with van der Waals surface area (Å²) in [7, 11) is 0. The van der Waals surface area contributed by atoms with Crippen LogP contribution >= 0.6 is 11.6 Å². The number of benzene rings is 1. The smallest absolute Gasteiger partial charge is 0.407 e. The van der Waals surface area contributed by atoms with E-state index in [1.807, 2.05) is 56.9 Å². The van der Waals surface area contributed by atoms with Gasteiger partial charge in [-0.3, -0.25) is 14.5 Å². The Bertz CT molecular complexity index is 944. The van der Waals surface area contributed by atoms with Crippen LogP contribution in [0.15, 0.2) is 24.3 Å². The van der Waals surface area contributed by atoms with Crippen LogP contribution in [0.5, 0.6) is 0 Å². The Morgan fingerprint density at radius 3 is 2.33 bits per heavy atom. The third-order valence-electron chi connectivity index (χ3n) is 7.29. The molecule has 0 bridgehead atoms. The zero-order chi connectivity index (χ0) is 28.4. The largest absolute Gasteiger partial charge is 0.466 e. The second kappa shape index (κ2) is 14.9. The molecule has 3 rings (SSSR count). The highest BCUT2D eigenvalue weighted by Crippen LogP contribution is 2.30. The summed E-state index contributed by atoms with van der Waals surface area (Å²) in [6.45, 7) is 11.3. The minimum Gasteiger partial charge on any atom is -0.466 e. The van der Waals surface area contributed by atoms with E-state index < -0.39 is 11.7 Å². The summed E-state index contributed by atoms with van der Waals surface area (Å²) in [4.78, 5) is 42.2. The van der Waals surface area contributed by atoms with E-state index in [-0.39, 0.29) is 29.9 Å². The lowest BCUT2D eigenvalue weighted by atomic mass is 9.83. The van der Waals surface area contributed by atoms with Crippen molar-refractivity contribution in [1.82, 2.24) is 20.4 Å². The Hall–Kier alpha value is -2.36. The van der Waals surface area contributed by atoms with E-state index in [0.717, 1.165) is 44.3 Å². The molecule has 2 aliphatic rings. The standard InChI is InChI=1S/C29H45ClN4O5/c1-5-38-27(36)23-8-6-7-9-25(23)33-16-18-34(19-17-33)26(35)20-24(21-10-12-22(30)13-11-21)31-14-15-32-28(37)39-29(2,3)4/h10-13,23-25,31H,5-9,14-20H2,1-4H3,(H,32,37)/t23-,24?,25-/m1/s1. The molecule has 0 radical (unpaired) electrons. The zero-order valence-corrected chi connectivity index (χ0v) is 24.6. The monoisotopic (exact) mass is 564 g/mol. The van der Waals surface area contributed by atoms with Gasteiger partial charge in [-0.05, 0) is 58.2 Å². The van der Waals surface area contributed by atoms with Gasteiger partial charge in [0.1, 0.15) is 5.60 Å². The fourth-order valence-electron chi connectivity index (χ4n) is 5.41. The SMILES string of the molecule is CCOC(=O)[C@@H]1CCCC[C@H]1N1CCN(C(=O)CC(NCCNC(=O)OC(C)(C)C)c2ccc(Cl)cc2)CC1. The number of carbonyl (C=O) groups excluding carboxylic acids is 3. The maximum Gasteiger partial charge on any atom is 0.407 e. The van der Waals surface area contributed by atoms with Crippen molar-refractivity contribution >= 4 is 29.6 Å². The van der Waals surface area contributed by atoms with E-state index in [2.05, 4.69) is 15.5 Å². The van der Waals surface area contributed by atoms with Crippen molar-refractivity contribution in [2.75, 3.05) is 45.9 Å². The average Bonchev–Trinajstić information content (AvgIpc) is 2.90. The molecule has 218 valence electrons. The number of hydrogen-bond acceptors (Lipinski definition) is 7. The molecular weight excluding hydrogens is 520 g/mol. The van der Waals surface area contributed by atoms with Crippen LogP contribution in [-0.4, -0.2) is 85.3 Å². The Labute approximate surface area is 237 Å². The number of nitrogens with zero attached hydrogens (tertiary/aromatic N) is 2. The molecule has 2 N–H and O–H groups in total. The maximum absolute atomic E-state index is 13.4. The molecule has 2 amide bonds. The van der Waals surface area contributed by atoms with Gasteiger partial charge >= 0.3 is 12.1 Å². The number of esters is 1. The van der Waals surface area contributed by atoms with Crippen molar-refractivity contribution in [1.29, 1.82) is 0 Å². The molecule has 0 aromatic heterocycles. The van der Waals surface area contributed by atoms with Crippen LogP contribution in [0.1, 0.15) is 71.4 Å². The van der Waals surface area contributed by atoms with Gasteiger partial charge in [0.15, 0.2) is 0 Å². The minimum atomic E-state index is -0.559. The number of hydrogen-bond donors (Lipinski definition) is 2. The fraction of sp³-hybridized carbons (Fsp3) is 0.690. The van der Waals surface area contributed by atoms with Crippen molar-refractivity contribution < 1.29 is 23.9 Å². The first kappa shape index (κ1) is 31.2. The van der Waals surface area contributed by atoms with Crippen LogP contribution in [0, 0.1) is 5.92 Å². The van der Waals surface area contributed by atoms with Crippen LogP contribution in [-0.2, 0) is 19.1 Å². The molecule has 1 saturated carbocycles. The quantitative estimate of drug-likeness (QED) is 0.325. The first-order valence-electron chi connectivity index (χ1n) is 14.2. The molecule has 1 aromatic rings. The van der Waals surface area contributed by atoms with Crippen molar-refractivity contribution in [3.63, 3.8) is 0 Å². The lowest BCUT2D eigenvalue weighted by molar-refractivity contribution is -0.153. The molecule has 1 aliphatic heterocycles. The molecule has 39 heavy (non-hydrogen) atoms. The Kier molecular flexibility index (Phi) is 11.9. The lowest BCUT2D eigenvalue weighted by Crippen LogP contribution is -2.55. The number of amides is 2. The Morgan fingerprint density at radius 2 is 1.69 bits per heavy atom. The number of piperazine rings is 1. The van der Waals surface area contributed by atoms with Gasteiger partial charge in [-0.15, -0.1) is 0 Å². The molecular formula is C29H45ClN4O5. The van der Waals surface area contributed by atoms with E-state index in [9.17, 15) is 14.4 Å².